The molecule has 1 aliphatic carbocycles. The molecule has 0 aromatic heterocycles. The van der Waals surface area contributed by atoms with Gasteiger partial charge in [-0.1, -0.05) is 6.42 Å². The highest BCUT2D eigenvalue weighted by atomic mass is 32.2. The number of hydrogen-bond donors (Lipinski definition) is 1. The number of ether oxygens (including phenoxy) is 2. The smallest absolute Gasteiger partial charge is 0.310 e. The molecular weight excluding hydrogens is 258 g/mol. The van der Waals surface area contributed by atoms with Gasteiger partial charge >= 0.3 is 5.97 Å². The molecule has 1 rings (SSSR count). The maximum absolute atomic E-state index is 12.1. The van der Waals surface area contributed by atoms with Crippen LogP contribution in [0.5, 0.6) is 0 Å². The first-order valence-electron chi connectivity index (χ1n) is 6.17. The summed E-state index contributed by atoms with van der Waals surface area (Å²) in [6.07, 6.45) is 1.81. The predicted molar refractivity (Wildman–Crippen MR) is 66.6 cm³/mol. The fourth-order valence-corrected chi connectivity index (χ4v) is 3.96. The summed E-state index contributed by atoms with van der Waals surface area (Å²) in [7, 11) is -2.19. The van der Waals surface area contributed by atoms with Gasteiger partial charge in [0.15, 0.2) is 0 Å². The third-order valence-corrected chi connectivity index (χ3v) is 5.08. The van der Waals surface area contributed by atoms with E-state index in [1.807, 2.05) is 6.92 Å². The van der Waals surface area contributed by atoms with Crippen molar-refractivity contribution in [1.29, 1.82) is 0 Å². The van der Waals surface area contributed by atoms with E-state index in [0.29, 0.717) is 26.1 Å². The fraction of sp³-hybridized carbons (Fsp3) is 0.909. The Morgan fingerprint density at radius 3 is 2.72 bits per heavy atom. The molecule has 2 unspecified atom stereocenters. The van der Waals surface area contributed by atoms with Gasteiger partial charge < -0.3 is 9.47 Å². The van der Waals surface area contributed by atoms with Crippen molar-refractivity contribution in [2.45, 2.75) is 31.4 Å². The van der Waals surface area contributed by atoms with Crippen molar-refractivity contribution in [3.63, 3.8) is 0 Å². The molecule has 1 saturated carbocycles. The Kier molecular flexibility index (Phi) is 6.04. The summed E-state index contributed by atoms with van der Waals surface area (Å²) in [4.78, 5) is 11.5. The first-order chi connectivity index (χ1) is 8.53. The molecule has 1 aliphatic rings. The van der Waals surface area contributed by atoms with Crippen LogP contribution < -0.4 is 4.72 Å². The summed E-state index contributed by atoms with van der Waals surface area (Å²) in [6, 6.07) is 0. The van der Waals surface area contributed by atoms with Gasteiger partial charge in [-0.2, -0.15) is 0 Å². The van der Waals surface area contributed by atoms with E-state index in [4.69, 9.17) is 4.74 Å². The van der Waals surface area contributed by atoms with Crippen LogP contribution in [-0.4, -0.2) is 46.5 Å². The third kappa shape index (κ3) is 3.93. The molecule has 1 N–H and O–H groups in total. The summed E-state index contributed by atoms with van der Waals surface area (Å²) in [5, 5.41) is -0.674. The van der Waals surface area contributed by atoms with Crippen LogP contribution in [0.15, 0.2) is 0 Å². The summed E-state index contributed by atoms with van der Waals surface area (Å²) in [5.74, 6) is -0.979. The quantitative estimate of drug-likeness (QED) is 0.535. The average Bonchev–Trinajstić information content (AvgIpc) is 2.83. The molecule has 0 amide bonds. The highest BCUT2D eigenvalue weighted by Gasteiger charge is 2.41. The number of rotatable bonds is 7. The van der Waals surface area contributed by atoms with Crippen molar-refractivity contribution in [2.24, 2.45) is 5.92 Å². The Hall–Kier alpha value is -0.660. The van der Waals surface area contributed by atoms with E-state index in [9.17, 15) is 13.2 Å². The molecule has 18 heavy (non-hydrogen) atoms. The minimum atomic E-state index is -3.48. The first kappa shape index (κ1) is 15.4. The first-order valence-corrected chi connectivity index (χ1v) is 7.71. The highest BCUT2D eigenvalue weighted by Crippen LogP contribution is 2.31. The van der Waals surface area contributed by atoms with Crippen molar-refractivity contribution < 1.29 is 22.7 Å². The maximum atomic E-state index is 12.1. The van der Waals surface area contributed by atoms with E-state index in [2.05, 4.69) is 9.46 Å². The maximum Gasteiger partial charge on any atom is 0.310 e. The lowest BCUT2D eigenvalue weighted by Gasteiger charge is -2.18. The van der Waals surface area contributed by atoms with Gasteiger partial charge in [-0.05, 0) is 19.8 Å². The second-order valence-electron chi connectivity index (χ2n) is 4.24. The van der Waals surface area contributed by atoms with E-state index in [1.54, 1.807) is 0 Å². The van der Waals surface area contributed by atoms with Gasteiger partial charge in [0.2, 0.25) is 10.0 Å². The van der Waals surface area contributed by atoms with Gasteiger partial charge in [0.25, 0.3) is 0 Å². The van der Waals surface area contributed by atoms with Crippen LogP contribution >= 0.6 is 0 Å². The van der Waals surface area contributed by atoms with Crippen molar-refractivity contribution in [3.8, 4) is 0 Å². The molecule has 0 heterocycles. The molecular formula is C11H21NO5S. The number of carbonyl (C=O) groups is 1. The van der Waals surface area contributed by atoms with Crippen LogP contribution in [0.3, 0.4) is 0 Å². The van der Waals surface area contributed by atoms with E-state index in [1.165, 1.54) is 7.11 Å². The number of nitrogens with one attached hydrogen (secondary N) is 1. The fourth-order valence-electron chi connectivity index (χ4n) is 2.23. The molecule has 2 atom stereocenters. The van der Waals surface area contributed by atoms with Crippen LogP contribution in [0.25, 0.3) is 0 Å². The van der Waals surface area contributed by atoms with E-state index >= 15 is 0 Å². The number of carbonyl (C=O) groups excluding carboxylic acids is 1. The molecule has 0 radical (unpaired) electrons. The summed E-state index contributed by atoms with van der Waals surface area (Å²) in [6.45, 7) is 2.97. The lowest BCUT2D eigenvalue weighted by Crippen LogP contribution is -2.40. The van der Waals surface area contributed by atoms with Gasteiger partial charge in [0, 0.05) is 13.2 Å². The van der Waals surface area contributed by atoms with Gasteiger partial charge in [0.1, 0.15) is 0 Å². The average molecular weight is 279 g/mol. The molecule has 0 spiro atoms. The SMILES string of the molecule is CCOCCNS(=O)(=O)C1CCCC1C(=O)OC. The zero-order chi connectivity index (χ0) is 13.6. The second kappa shape index (κ2) is 7.06. The largest absolute Gasteiger partial charge is 0.469 e. The highest BCUT2D eigenvalue weighted by molar-refractivity contribution is 7.90. The summed E-state index contributed by atoms with van der Waals surface area (Å²) < 4.78 is 36.3. The zero-order valence-corrected chi connectivity index (χ0v) is 11.7. The molecule has 6 nitrogen and oxygen atoms in total. The number of sulfonamides is 1. The number of esters is 1. The standard InChI is InChI=1S/C11H21NO5S/c1-3-17-8-7-12-18(14,15)10-6-4-5-9(10)11(13)16-2/h9-10,12H,3-8H2,1-2H3. The Balaban J connectivity index is 2.57. The van der Waals surface area contributed by atoms with Crippen LogP contribution in [0, 0.1) is 5.92 Å². The molecule has 0 bridgehead atoms. The molecule has 1 fully saturated rings. The monoisotopic (exact) mass is 279 g/mol. The van der Waals surface area contributed by atoms with E-state index in [0.717, 1.165) is 6.42 Å². The summed E-state index contributed by atoms with van der Waals surface area (Å²) in [5.41, 5.74) is 0. The molecule has 7 heteroatoms. The molecule has 0 aromatic carbocycles. The van der Waals surface area contributed by atoms with E-state index < -0.39 is 27.2 Å². The molecule has 0 aromatic rings. The molecule has 0 aliphatic heterocycles. The van der Waals surface area contributed by atoms with Gasteiger partial charge in [-0.15, -0.1) is 0 Å². The second-order valence-corrected chi connectivity index (χ2v) is 6.22. The van der Waals surface area contributed by atoms with Crippen molar-refractivity contribution >= 4 is 16.0 Å². The molecule has 106 valence electrons. The van der Waals surface area contributed by atoms with Gasteiger partial charge in [-0.3, -0.25) is 4.79 Å². The van der Waals surface area contributed by atoms with Crippen molar-refractivity contribution in [2.75, 3.05) is 26.9 Å². The van der Waals surface area contributed by atoms with Gasteiger partial charge in [0.05, 0.1) is 24.9 Å². The minimum Gasteiger partial charge on any atom is -0.469 e. The number of hydrogen-bond acceptors (Lipinski definition) is 5. The van der Waals surface area contributed by atoms with Gasteiger partial charge in [-0.25, -0.2) is 13.1 Å². The van der Waals surface area contributed by atoms with E-state index in [-0.39, 0.29) is 6.54 Å². The Bertz CT molecular complexity index is 368. The third-order valence-electron chi connectivity index (χ3n) is 3.11. The topological polar surface area (TPSA) is 81.7 Å². The van der Waals surface area contributed by atoms with Crippen molar-refractivity contribution in [3.05, 3.63) is 0 Å². The van der Waals surface area contributed by atoms with Crippen LogP contribution in [-0.2, 0) is 24.3 Å². The minimum absolute atomic E-state index is 0.237. The zero-order valence-electron chi connectivity index (χ0n) is 10.8. The lowest BCUT2D eigenvalue weighted by atomic mass is 10.1. The normalized spacial score (nSPS) is 24.1. The molecule has 0 saturated heterocycles. The Morgan fingerprint density at radius 1 is 1.39 bits per heavy atom. The predicted octanol–water partition coefficient (Wildman–Crippen LogP) is 0.284. The number of methoxy groups -OCH3 is 1. The van der Waals surface area contributed by atoms with Crippen LogP contribution in [0.2, 0.25) is 0 Å². The Labute approximate surface area is 108 Å². The summed E-state index contributed by atoms with van der Waals surface area (Å²) >= 11 is 0. The van der Waals surface area contributed by atoms with Crippen molar-refractivity contribution in [1.82, 2.24) is 4.72 Å². The van der Waals surface area contributed by atoms with Crippen LogP contribution in [0.1, 0.15) is 26.2 Å². The lowest BCUT2D eigenvalue weighted by molar-refractivity contribution is -0.145. The van der Waals surface area contributed by atoms with Crippen LogP contribution in [0.4, 0.5) is 0 Å². The Morgan fingerprint density at radius 2 is 2.11 bits per heavy atom.